The van der Waals surface area contributed by atoms with E-state index in [1.165, 1.54) is 25.0 Å². The first kappa shape index (κ1) is 13.3. The summed E-state index contributed by atoms with van der Waals surface area (Å²) in [7, 11) is -3.55. The number of hydrogen-bond donors (Lipinski definition) is 4. The molecule has 7 nitrogen and oxygen atoms in total. The number of H-pyrrole nitrogens is 2. The number of benzene rings is 1. The SMILES string of the molecule is O=c1[nH]c2ccc(S(=O)(=O)NCCNC3CC3)cc2[nH]1. The molecule has 1 fully saturated rings. The van der Waals surface area contributed by atoms with Crippen LogP contribution in [-0.4, -0.2) is 37.5 Å². The summed E-state index contributed by atoms with van der Waals surface area (Å²) in [6, 6.07) is 5.05. The van der Waals surface area contributed by atoms with E-state index in [1.807, 2.05) is 0 Å². The highest BCUT2D eigenvalue weighted by Crippen LogP contribution is 2.18. The van der Waals surface area contributed by atoms with Crippen LogP contribution in [0.15, 0.2) is 27.9 Å². The predicted molar refractivity (Wildman–Crippen MR) is 75.1 cm³/mol. The fourth-order valence-corrected chi connectivity index (χ4v) is 3.07. The van der Waals surface area contributed by atoms with Crippen LogP contribution >= 0.6 is 0 Å². The van der Waals surface area contributed by atoms with Gasteiger partial charge in [-0.2, -0.15) is 0 Å². The number of sulfonamides is 1. The summed E-state index contributed by atoms with van der Waals surface area (Å²) < 4.78 is 26.7. The first-order valence-corrected chi connectivity index (χ1v) is 7.98. The molecule has 0 saturated heterocycles. The van der Waals surface area contributed by atoms with Crippen LogP contribution in [0.4, 0.5) is 0 Å². The van der Waals surface area contributed by atoms with Crippen LogP contribution in [0.25, 0.3) is 11.0 Å². The Morgan fingerprint density at radius 2 is 1.90 bits per heavy atom. The minimum atomic E-state index is -3.55. The average Bonchev–Trinajstić information content (AvgIpc) is 3.14. The van der Waals surface area contributed by atoms with E-state index < -0.39 is 10.0 Å². The summed E-state index contributed by atoms with van der Waals surface area (Å²) in [5.41, 5.74) is 0.717. The zero-order chi connectivity index (χ0) is 14.2. The monoisotopic (exact) mass is 296 g/mol. The van der Waals surface area contributed by atoms with Gasteiger partial charge in [-0.25, -0.2) is 17.9 Å². The molecule has 0 amide bonds. The van der Waals surface area contributed by atoms with E-state index in [0.717, 1.165) is 0 Å². The Bertz CT molecular complexity index is 773. The molecule has 0 atom stereocenters. The van der Waals surface area contributed by atoms with Crippen LogP contribution < -0.4 is 15.7 Å². The van der Waals surface area contributed by atoms with Crippen LogP contribution in [0.3, 0.4) is 0 Å². The third-order valence-corrected chi connectivity index (χ3v) is 4.68. The molecule has 0 bridgehead atoms. The van der Waals surface area contributed by atoms with Gasteiger partial charge in [0.1, 0.15) is 0 Å². The van der Waals surface area contributed by atoms with Gasteiger partial charge in [-0.1, -0.05) is 0 Å². The van der Waals surface area contributed by atoms with Crippen LogP contribution in [0.2, 0.25) is 0 Å². The zero-order valence-electron chi connectivity index (χ0n) is 10.8. The van der Waals surface area contributed by atoms with Crippen LogP contribution in [0, 0.1) is 0 Å². The molecule has 0 aliphatic heterocycles. The van der Waals surface area contributed by atoms with Crippen molar-refractivity contribution in [2.45, 2.75) is 23.8 Å². The van der Waals surface area contributed by atoms with Crippen molar-refractivity contribution in [2.75, 3.05) is 13.1 Å². The average molecular weight is 296 g/mol. The molecule has 1 aliphatic carbocycles. The van der Waals surface area contributed by atoms with Crippen molar-refractivity contribution in [1.29, 1.82) is 0 Å². The molecule has 0 spiro atoms. The fourth-order valence-electron chi connectivity index (χ4n) is 2.01. The van der Waals surface area contributed by atoms with Crippen molar-refractivity contribution >= 4 is 21.1 Å². The van der Waals surface area contributed by atoms with Crippen molar-refractivity contribution in [3.63, 3.8) is 0 Å². The van der Waals surface area contributed by atoms with Crippen molar-refractivity contribution < 1.29 is 8.42 Å². The Hall–Kier alpha value is -1.64. The maximum absolute atomic E-state index is 12.1. The van der Waals surface area contributed by atoms with E-state index in [4.69, 9.17) is 0 Å². The second-order valence-electron chi connectivity index (χ2n) is 4.91. The van der Waals surface area contributed by atoms with Gasteiger partial charge in [0.15, 0.2) is 0 Å². The molecular formula is C12H16N4O3S. The standard InChI is InChI=1S/C12H16N4O3S/c17-12-15-10-4-3-9(7-11(10)16-12)20(18,19)14-6-5-13-8-1-2-8/h3-4,7-8,13-14H,1-2,5-6H2,(H2,15,16,17). The Kier molecular flexibility index (Phi) is 3.36. The number of imidazole rings is 1. The topological polar surface area (TPSA) is 107 Å². The molecule has 0 unspecified atom stereocenters. The molecule has 2 aromatic rings. The first-order valence-electron chi connectivity index (χ1n) is 6.50. The normalized spacial score (nSPS) is 15.8. The van der Waals surface area contributed by atoms with Gasteiger partial charge in [0.05, 0.1) is 15.9 Å². The van der Waals surface area contributed by atoms with Crippen molar-refractivity contribution in [3.05, 3.63) is 28.7 Å². The third-order valence-electron chi connectivity index (χ3n) is 3.23. The molecule has 0 radical (unpaired) electrons. The summed E-state index contributed by atoms with van der Waals surface area (Å²) >= 11 is 0. The largest absolute Gasteiger partial charge is 0.323 e. The minimum Gasteiger partial charge on any atom is -0.313 e. The predicted octanol–water partition coefficient (Wildman–Crippen LogP) is -0.113. The van der Waals surface area contributed by atoms with Crippen molar-refractivity contribution in [1.82, 2.24) is 20.0 Å². The van der Waals surface area contributed by atoms with Gasteiger partial charge in [0.25, 0.3) is 0 Å². The third kappa shape index (κ3) is 2.92. The van der Waals surface area contributed by atoms with Crippen LogP contribution in [-0.2, 0) is 10.0 Å². The number of nitrogens with one attached hydrogen (secondary N) is 4. The highest BCUT2D eigenvalue weighted by atomic mass is 32.2. The molecule has 8 heteroatoms. The highest BCUT2D eigenvalue weighted by molar-refractivity contribution is 7.89. The first-order chi connectivity index (χ1) is 9.54. The zero-order valence-corrected chi connectivity index (χ0v) is 11.6. The summed E-state index contributed by atoms with van der Waals surface area (Å²) in [4.78, 5) is 16.4. The van der Waals surface area contributed by atoms with E-state index in [-0.39, 0.29) is 10.6 Å². The molecule has 20 heavy (non-hydrogen) atoms. The molecule has 1 saturated carbocycles. The Morgan fingerprint density at radius 1 is 1.15 bits per heavy atom. The minimum absolute atomic E-state index is 0.145. The number of aromatic amines is 2. The highest BCUT2D eigenvalue weighted by Gasteiger charge is 2.20. The molecular weight excluding hydrogens is 280 g/mol. The molecule has 1 aromatic heterocycles. The number of rotatable bonds is 6. The lowest BCUT2D eigenvalue weighted by molar-refractivity contribution is 0.575. The molecule has 1 aromatic carbocycles. The van der Waals surface area contributed by atoms with Gasteiger partial charge in [0.2, 0.25) is 10.0 Å². The molecule has 1 aliphatic rings. The van der Waals surface area contributed by atoms with Crippen molar-refractivity contribution in [3.8, 4) is 0 Å². The van der Waals surface area contributed by atoms with Crippen molar-refractivity contribution in [2.24, 2.45) is 0 Å². The summed E-state index contributed by atoms with van der Waals surface area (Å²) in [6.07, 6.45) is 2.34. The van der Waals surface area contributed by atoms with Gasteiger partial charge in [-0.3, -0.25) is 0 Å². The quantitative estimate of drug-likeness (QED) is 0.558. The van der Waals surface area contributed by atoms with Gasteiger partial charge in [-0.15, -0.1) is 0 Å². The summed E-state index contributed by atoms with van der Waals surface area (Å²) in [5, 5.41) is 3.23. The Labute approximate surface area is 115 Å². The maximum Gasteiger partial charge on any atom is 0.323 e. The summed E-state index contributed by atoms with van der Waals surface area (Å²) in [6.45, 7) is 0.966. The van der Waals surface area contributed by atoms with E-state index in [2.05, 4.69) is 20.0 Å². The van der Waals surface area contributed by atoms with Gasteiger partial charge >= 0.3 is 5.69 Å². The molecule has 4 N–H and O–H groups in total. The van der Waals surface area contributed by atoms with E-state index >= 15 is 0 Å². The Morgan fingerprint density at radius 3 is 2.65 bits per heavy atom. The lowest BCUT2D eigenvalue weighted by atomic mass is 10.3. The number of fused-ring (bicyclic) bond motifs is 1. The fraction of sp³-hybridized carbons (Fsp3) is 0.417. The molecule has 3 rings (SSSR count). The van der Waals surface area contributed by atoms with E-state index in [9.17, 15) is 13.2 Å². The molecule has 108 valence electrons. The summed E-state index contributed by atoms with van der Waals surface area (Å²) in [5.74, 6) is 0. The number of hydrogen-bond acceptors (Lipinski definition) is 4. The van der Waals surface area contributed by atoms with Gasteiger partial charge < -0.3 is 15.3 Å². The number of aromatic nitrogens is 2. The van der Waals surface area contributed by atoms with E-state index in [1.54, 1.807) is 6.07 Å². The lowest BCUT2D eigenvalue weighted by Crippen LogP contribution is -2.32. The van der Waals surface area contributed by atoms with Gasteiger partial charge in [0, 0.05) is 19.1 Å². The second kappa shape index (κ2) is 5.04. The smallest absolute Gasteiger partial charge is 0.313 e. The maximum atomic E-state index is 12.1. The van der Waals surface area contributed by atoms with Gasteiger partial charge in [-0.05, 0) is 31.0 Å². The molecule has 1 heterocycles. The van der Waals surface area contributed by atoms with Crippen LogP contribution in [0.1, 0.15) is 12.8 Å². The van der Waals surface area contributed by atoms with Crippen LogP contribution in [0.5, 0.6) is 0 Å². The van der Waals surface area contributed by atoms with E-state index in [0.29, 0.717) is 30.2 Å². The lowest BCUT2D eigenvalue weighted by Gasteiger charge is -2.07. The second-order valence-corrected chi connectivity index (χ2v) is 6.68. The Balaban J connectivity index is 1.71.